The van der Waals surface area contributed by atoms with E-state index in [1.165, 1.54) is 28.0 Å². The fourth-order valence-electron chi connectivity index (χ4n) is 5.06. The number of hydrogen-bond acceptors (Lipinski definition) is 10. The molecule has 0 fully saturated rings. The Balaban J connectivity index is 1.54. The van der Waals surface area contributed by atoms with E-state index >= 15 is 0 Å². The van der Waals surface area contributed by atoms with E-state index in [9.17, 15) is 19.7 Å². The molecule has 0 unspecified atom stereocenters. The van der Waals surface area contributed by atoms with E-state index in [1.54, 1.807) is 57.4 Å². The number of halogens is 2. The third kappa shape index (κ3) is 7.38. The number of allylic oxidation sites excluding steroid dienone is 1. The maximum absolute atomic E-state index is 14.1. The van der Waals surface area contributed by atoms with E-state index in [4.69, 9.17) is 18.9 Å². The van der Waals surface area contributed by atoms with Crippen LogP contribution in [0.3, 0.4) is 0 Å². The smallest absolute Gasteiger partial charge is 0.338 e. The number of aromatic nitrogens is 1. The summed E-state index contributed by atoms with van der Waals surface area (Å²) in [6.45, 7) is 6.14. The number of rotatable bonds is 11. The lowest BCUT2D eigenvalue weighted by molar-refractivity contribution is -0.384. The van der Waals surface area contributed by atoms with Gasteiger partial charge in [0, 0.05) is 12.1 Å². The van der Waals surface area contributed by atoms with Crippen LogP contribution in [0.25, 0.3) is 6.08 Å². The van der Waals surface area contributed by atoms with Crippen molar-refractivity contribution in [1.29, 1.82) is 0 Å². The fourth-order valence-corrected chi connectivity index (χ4v) is 8.23. The largest absolute Gasteiger partial charge is 0.493 e. The summed E-state index contributed by atoms with van der Waals surface area (Å²) in [4.78, 5) is 43.0. The van der Waals surface area contributed by atoms with Gasteiger partial charge in [-0.15, -0.1) is 0 Å². The van der Waals surface area contributed by atoms with Crippen LogP contribution in [0.1, 0.15) is 43.5 Å². The molecule has 0 bridgehead atoms. The molecule has 4 aromatic rings. The number of benzene rings is 3. The van der Waals surface area contributed by atoms with Gasteiger partial charge in [0.05, 0.1) is 54.2 Å². The SMILES string of the molecule is CCOC(=O)C1=C(C)N=c2s/c(=C\c3cc(I)c(OCc4ccc([N+](=O)[O-])cc4)c(I)c3)c(=O)n2[C@H]1c1ccc(OC)c(OCC)c1. The van der Waals surface area contributed by atoms with Gasteiger partial charge in [-0.2, -0.15) is 0 Å². The molecule has 14 heteroatoms. The molecule has 1 atom stereocenters. The van der Waals surface area contributed by atoms with E-state index in [2.05, 4.69) is 50.2 Å². The molecule has 0 saturated carbocycles. The van der Waals surface area contributed by atoms with Crippen molar-refractivity contribution < 1.29 is 28.7 Å². The second kappa shape index (κ2) is 15.0. The first-order valence-electron chi connectivity index (χ1n) is 14.4. The van der Waals surface area contributed by atoms with Crippen LogP contribution < -0.4 is 29.1 Å². The highest BCUT2D eigenvalue weighted by molar-refractivity contribution is 14.1. The van der Waals surface area contributed by atoms with Crippen LogP contribution in [0.2, 0.25) is 0 Å². The van der Waals surface area contributed by atoms with Crippen molar-refractivity contribution in [3.63, 3.8) is 0 Å². The second-order valence-electron chi connectivity index (χ2n) is 10.2. The van der Waals surface area contributed by atoms with Crippen molar-refractivity contribution in [2.75, 3.05) is 20.3 Å². The van der Waals surface area contributed by atoms with Crippen molar-refractivity contribution in [3.8, 4) is 17.2 Å². The van der Waals surface area contributed by atoms with E-state index < -0.39 is 16.9 Å². The summed E-state index contributed by atoms with van der Waals surface area (Å²) in [7, 11) is 1.55. The summed E-state index contributed by atoms with van der Waals surface area (Å²) in [6, 6.07) is 14.6. The molecule has 47 heavy (non-hydrogen) atoms. The molecule has 3 aromatic carbocycles. The molecule has 11 nitrogen and oxygen atoms in total. The summed E-state index contributed by atoms with van der Waals surface area (Å²) in [5, 5.41) is 11.0. The Labute approximate surface area is 301 Å². The van der Waals surface area contributed by atoms with Gasteiger partial charge in [0.15, 0.2) is 16.3 Å². The molecule has 1 aliphatic heterocycles. The van der Waals surface area contributed by atoms with Crippen LogP contribution in [0.15, 0.2) is 75.7 Å². The number of carbonyl (C=O) groups is 1. The van der Waals surface area contributed by atoms with Gasteiger partial charge >= 0.3 is 5.97 Å². The van der Waals surface area contributed by atoms with E-state index in [1.807, 2.05) is 19.1 Å². The molecular formula is C33H29I2N3O8S. The molecule has 0 saturated heterocycles. The van der Waals surface area contributed by atoms with E-state index in [-0.39, 0.29) is 30.0 Å². The number of methoxy groups -OCH3 is 1. The molecular weight excluding hydrogens is 852 g/mol. The Hall–Kier alpha value is -3.77. The van der Waals surface area contributed by atoms with Crippen molar-refractivity contribution in [2.45, 2.75) is 33.4 Å². The number of esters is 1. The van der Waals surface area contributed by atoms with Crippen molar-refractivity contribution in [3.05, 3.63) is 120 Å². The number of nitro groups is 1. The zero-order chi connectivity index (χ0) is 33.8. The highest BCUT2D eigenvalue weighted by Crippen LogP contribution is 2.36. The first kappa shape index (κ1) is 34.6. The van der Waals surface area contributed by atoms with Crippen LogP contribution >= 0.6 is 56.5 Å². The zero-order valence-electron chi connectivity index (χ0n) is 25.7. The molecule has 1 aromatic heterocycles. The number of nitro benzene ring substituents is 1. The molecule has 0 aliphatic carbocycles. The molecule has 0 spiro atoms. The molecule has 1 aliphatic rings. The minimum absolute atomic E-state index is 0.0189. The average molecular weight is 881 g/mol. The van der Waals surface area contributed by atoms with Crippen molar-refractivity contribution in [1.82, 2.24) is 4.57 Å². The Kier molecular flexibility index (Phi) is 11.0. The number of ether oxygens (including phenoxy) is 4. The number of non-ortho nitro benzene ring substituents is 1. The Bertz CT molecular complexity index is 2050. The highest BCUT2D eigenvalue weighted by Gasteiger charge is 2.34. The summed E-state index contributed by atoms with van der Waals surface area (Å²) < 4.78 is 26.4. The minimum atomic E-state index is -0.798. The summed E-state index contributed by atoms with van der Waals surface area (Å²) >= 11 is 5.61. The Morgan fingerprint density at radius 1 is 1.04 bits per heavy atom. The topological polar surface area (TPSA) is 131 Å². The summed E-state index contributed by atoms with van der Waals surface area (Å²) in [5.74, 6) is 1.15. The molecule has 0 amide bonds. The van der Waals surface area contributed by atoms with Gasteiger partial charge in [-0.25, -0.2) is 9.79 Å². The first-order chi connectivity index (χ1) is 22.6. The molecule has 0 radical (unpaired) electrons. The van der Waals surface area contributed by atoms with Crippen LogP contribution in [0.5, 0.6) is 17.2 Å². The zero-order valence-corrected chi connectivity index (χ0v) is 30.9. The van der Waals surface area contributed by atoms with E-state index in [0.29, 0.717) is 44.4 Å². The predicted molar refractivity (Wildman–Crippen MR) is 194 cm³/mol. The third-order valence-electron chi connectivity index (χ3n) is 7.17. The van der Waals surface area contributed by atoms with Gasteiger partial charge in [-0.3, -0.25) is 19.5 Å². The lowest BCUT2D eigenvalue weighted by Crippen LogP contribution is -2.40. The minimum Gasteiger partial charge on any atom is -0.493 e. The maximum atomic E-state index is 14.1. The highest BCUT2D eigenvalue weighted by atomic mass is 127. The Morgan fingerprint density at radius 2 is 1.74 bits per heavy atom. The fraction of sp³-hybridized carbons (Fsp3) is 0.242. The van der Waals surface area contributed by atoms with Gasteiger partial charge in [0.2, 0.25) is 0 Å². The molecule has 244 valence electrons. The number of carbonyl (C=O) groups excluding carboxylic acids is 1. The van der Waals surface area contributed by atoms with Crippen LogP contribution in [-0.2, 0) is 16.1 Å². The first-order valence-corrected chi connectivity index (χ1v) is 17.4. The average Bonchev–Trinajstić information content (AvgIpc) is 3.34. The molecule has 2 heterocycles. The predicted octanol–water partition coefficient (Wildman–Crippen LogP) is 5.90. The summed E-state index contributed by atoms with van der Waals surface area (Å²) in [5.41, 5.74) is 2.69. The lowest BCUT2D eigenvalue weighted by Gasteiger charge is -2.25. The van der Waals surface area contributed by atoms with Gasteiger partial charge < -0.3 is 18.9 Å². The number of nitrogens with zero attached hydrogens (tertiary/aromatic N) is 3. The number of fused-ring (bicyclic) bond motifs is 1. The quantitative estimate of drug-likeness (QED) is 0.0788. The maximum Gasteiger partial charge on any atom is 0.338 e. The third-order valence-corrected chi connectivity index (χ3v) is 9.75. The van der Waals surface area contributed by atoms with Crippen molar-refractivity contribution >= 4 is 74.3 Å². The van der Waals surface area contributed by atoms with E-state index in [0.717, 1.165) is 18.3 Å². The molecule has 0 N–H and O–H groups in total. The van der Waals surface area contributed by atoms with Crippen LogP contribution in [-0.4, -0.2) is 35.8 Å². The normalized spacial score (nSPS) is 14.3. The van der Waals surface area contributed by atoms with Gasteiger partial charge in [-0.1, -0.05) is 17.4 Å². The van der Waals surface area contributed by atoms with Gasteiger partial charge in [0.25, 0.3) is 11.2 Å². The van der Waals surface area contributed by atoms with Crippen LogP contribution in [0, 0.1) is 17.3 Å². The number of thiazole rings is 1. The summed E-state index contributed by atoms with van der Waals surface area (Å²) in [6.07, 6.45) is 1.80. The Morgan fingerprint density at radius 3 is 2.36 bits per heavy atom. The van der Waals surface area contributed by atoms with Crippen LogP contribution in [0.4, 0.5) is 5.69 Å². The van der Waals surface area contributed by atoms with Gasteiger partial charge in [0.1, 0.15) is 12.4 Å². The molecule has 5 rings (SSSR count). The van der Waals surface area contributed by atoms with Gasteiger partial charge in [-0.05, 0) is 125 Å². The number of hydrogen-bond donors (Lipinski definition) is 0. The second-order valence-corrected chi connectivity index (χ2v) is 13.5. The standard InChI is InChI=1S/C33H29I2N3O8S/c1-5-44-26-16-21(9-12-25(26)43-4)29-28(32(40)45-6-2)18(3)36-33-37(29)31(39)27(47-33)15-20-13-23(34)30(24(35)14-20)46-17-19-7-10-22(11-8-19)38(41)42/h7-16,29H,5-6,17H2,1-4H3/b27-15-/t29-/m0/s1. The monoisotopic (exact) mass is 881 g/mol. The van der Waals surface area contributed by atoms with Crippen molar-refractivity contribution in [2.24, 2.45) is 4.99 Å². The lowest BCUT2D eigenvalue weighted by atomic mass is 9.95.